The number of hydrogen-bond donors (Lipinski definition) is 1. The van der Waals surface area contributed by atoms with Gasteiger partial charge in [0, 0.05) is 24.3 Å². The highest BCUT2D eigenvalue weighted by Gasteiger charge is 2.16. The predicted molar refractivity (Wildman–Crippen MR) is 98.1 cm³/mol. The summed E-state index contributed by atoms with van der Waals surface area (Å²) in [6.45, 7) is 3.92. The van der Waals surface area contributed by atoms with Crippen molar-refractivity contribution < 1.29 is 4.79 Å². The number of rotatable bonds is 2. The quantitative estimate of drug-likeness (QED) is 0.764. The van der Waals surface area contributed by atoms with Crippen molar-refractivity contribution in [3.05, 3.63) is 74.5 Å². The standard InChI is InChI=1S/C19H17ClN2O2/c1-11-7-12(2)9-13(8-11)21-19(24)15-10-22(3)17-14(18(15)23)5-4-6-16(17)20/h4-10H,1-3H3,(H,21,24). The highest BCUT2D eigenvalue weighted by atomic mass is 35.5. The largest absolute Gasteiger partial charge is 0.348 e. The maximum Gasteiger partial charge on any atom is 0.261 e. The van der Waals surface area contributed by atoms with Crippen LogP contribution in [0, 0.1) is 13.8 Å². The van der Waals surface area contributed by atoms with E-state index in [-0.39, 0.29) is 11.0 Å². The van der Waals surface area contributed by atoms with Gasteiger partial charge in [-0.2, -0.15) is 0 Å². The molecule has 0 aliphatic heterocycles. The van der Waals surface area contributed by atoms with Gasteiger partial charge in [-0.1, -0.05) is 23.7 Å². The minimum absolute atomic E-state index is 0.0893. The predicted octanol–water partition coefficient (Wildman–Crippen LogP) is 4.06. The normalized spacial score (nSPS) is 10.8. The third-order valence-corrected chi connectivity index (χ3v) is 4.18. The third-order valence-electron chi connectivity index (χ3n) is 3.88. The number of pyridine rings is 1. The first kappa shape index (κ1) is 16.3. The Morgan fingerprint density at radius 1 is 1.12 bits per heavy atom. The molecular formula is C19H17ClN2O2. The van der Waals surface area contributed by atoms with Crippen LogP contribution in [0.5, 0.6) is 0 Å². The van der Waals surface area contributed by atoms with E-state index in [2.05, 4.69) is 5.32 Å². The smallest absolute Gasteiger partial charge is 0.261 e. The van der Waals surface area contributed by atoms with E-state index in [9.17, 15) is 9.59 Å². The van der Waals surface area contributed by atoms with E-state index in [4.69, 9.17) is 11.6 Å². The molecule has 0 fully saturated rings. The molecule has 0 unspecified atom stereocenters. The molecule has 1 heterocycles. The van der Waals surface area contributed by atoms with Crippen LogP contribution in [0.3, 0.4) is 0 Å². The lowest BCUT2D eigenvalue weighted by atomic mass is 10.1. The van der Waals surface area contributed by atoms with Crippen LogP contribution in [0.15, 0.2) is 47.4 Å². The zero-order chi connectivity index (χ0) is 17.4. The molecule has 0 spiro atoms. The first-order valence-electron chi connectivity index (χ1n) is 7.54. The Balaban J connectivity index is 2.08. The summed E-state index contributed by atoms with van der Waals surface area (Å²) >= 11 is 6.17. The summed E-state index contributed by atoms with van der Waals surface area (Å²) in [6.07, 6.45) is 1.52. The summed E-state index contributed by atoms with van der Waals surface area (Å²) in [6, 6.07) is 10.9. The molecule has 0 saturated heterocycles. The van der Waals surface area contributed by atoms with Crippen molar-refractivity contribution in [1.82, 2.24) is 4.57 Å². The van der Waals surface area contributed by atoms with Crippen molar-refractivity contribution in [3.8, 4) is 0 Å². The van der Waals surface area contributed by atoms with E-state index >= 15 is 0 Å². The number of benzene rings is 2. The average Bonchev–Trinajstić information content (AvgIpc) is 2.49. The average molecular weight is 341 g/mol. The topological polar surface area (TPSA) is 51.1 Å². The number of para-hydroxylation sites is 1. The van der Waals surface area contributed by atoms with Gasteiger partial charge in [0.15, 0.2) is 0 Å². The molecule has 5 heteroatoms. The fraction of sp³-hybridized carbons (Fsp3) is 0.158. The van der Waals surface area contributed by atoms with E-state index in [1.165, 1.54) is 6.20 Å². The number of aromatic nitrogens is 1. The van der Waals surface area contributed by atoms with Crippen LogP contribution >= 0.6 is 11.6 Å². The molecule has 0 radical (unpaired) electrons. The van der Waals surface area contributed by atoms with E-state index in [0.29, 0.717) is 21.6 Å². The van der Waals surface area contributed by atoms with Crippen LogP contribution < -0.4 is 10.7 Å². The fourth-order valence-electron chi connectivity index (χ4n) is 2.93. The molecule has 3 rings (SSSR count). The van der Waals surface area contributed by atoms with Gasteiger partial charge < -0.3 is 9.88 Å². The van der Waals surface area contributed by atoms with E-state index in [1.54, 1.807) is 29.8 Å². The first-order chi connectivity index (χ1) is 11.4. The number of fused-ring (bicyclic) bond motifs is 1. The van der Waals surface area contributed by atoms with Crippen LogP contribution in [-0.2, 0) is 7.05 Å². The highest BCUT2D eigenvalue weighted by Crippen LogP contribution is 2.21. The maximum absolute atomic E-state index is 12.7. The fourth-order valence-corrected chi connectivity index (χ4v) is 3.23. The number of nitrogens with one attached hydrogen (secondary N) is 1. The lowest BCUT2D eigenvalue weighted by molar-refractivity contribution is 0.102. The van der Waals surface area contributed by atoms with Crippen molar-refractivity contribution in [2.24, 2.45) is 7.05 Å². The number of anilines is 1. The Morgan fingerprint density at radius 2 is 1.79 bits per heavy atom. The molecule has 0 aliphatic carbocycles. The van der Waals surface area contributed by atoms with Crippen LogP contribution in [-0.4, -0.2) is 10.5 Å². The number of nitrogens with zero attached hydrogens (tertiary/aromatic N) is 1. The zero-order valence-electron chi connectivity index (χ0n) is 13.7. The molecule has 0 aliphatic rings. The highest BCUT2D eigenvalue weighted by molar-refractivity contribution is 6.35. The minimum Gasteiger partial charge on any atom is -0.348 e. The summed E-state index contributed by atoms with van der Waals surface area (Å²) in [7, 11) is 1.77. The molecule has 1 N–H and O–H groups in total. The summed E-state index contributed by atoms with van der Waals surface area (Å²) in [5.41, 5.74) is 3.14. The van der Waals surface area contributed by atoms with Crippen molar-refractivity contribution in [2.75, 3.05) is 5.32 Å². The van der Waals surface area contributed by atoms with Crippen LogP contribution in [0.25, 0.3) is 10.9 Å². The van der Waals surface area contributed by atoms with Crippen LogP contribution in [0.2, 0.25) is 5.02 Å². The second-order valence-corrected chi connectivity index (χ2v) is 6.36. The molecule has 3 aromatic rings. The minimum atomic E-state index is -0.428. The van der Waals surface area contributed by atoms with Crippen LogP contribution in [0.1, 0.15) is 21.5 Å². The monoisotopic (exact) mass is 340 g/mol. The van der Waals surface area contributed by atoms with Gasteiger partial charge in [-0.3, -0.25) is 9.59 Å². The molecule has 122 valence electrons. The Bertz CT molecular complexity index is 1000. The molecular weight excluding hydrogens is 324 g/mol. The van der Waals surface area contributed by atoms with Crippen LogP contribution in [0.4, 0.5) is 5.69 Å². The van der Waals surface area contributed by atoms with Gasteiger partial charge >= 0.3 is 0 Å². The molecule has 2 aromatic carbocycles. The van der Waals surface area contributed by atoms with E-state index in [1.807, 2.05) is 32.0 Å². The van der Waals surface area contributed by atoms with Gasteiger partial charge in [0.25, 0.3) is 5.91 Å². The SMILES string of the molecule is Cc1cc(C)cc(NC(=O)c2cn(C)c3c(Cl)cccc3c2=O)c1. The molecule has 1 amide bonds. The number of aryl methyl sites for hydroxylation is 3. The van der Waals surface area contributed by atoms with Gasteiger partial charge in [-0.15, -0.1) is 0 Å². The zero-order valence-corrected chi connectivity index (χ0v) is 14.4. The van der Waals surface area contributed by atoms with Crippen molar-refractivity contribution >= 4 is 34.1 Å². The van der Waals surface area contributed by atoms with E-state index in [0.717, 1.165) is 11.1 Å². The summed E-state index contributed by atoms with van der Waals surface area (Å²) in [5, 5.41) is 3.71. The Hall–Kier alpha value is -2.59. The number of carbonyl (C=O) groups excluding carboxylic acids is 1. The summed E-state index contributed by atoms with van der Waals surface area (Å²) in [5.74, 6) is -0.428. The molecule has 0 saturated carbocycles. The number of amides is 1. The molecule has 1 aromatic heterocycles. The molecule has 24 heavy (non-hydrogen) atoms. The lowest BCUT2D eigenvalue weighted by Gasteiger charge is -2.11. The number of carbonyl (C=O) groups is 1. The Labute approximate surface area is 144 Å². The van der Waals surface area contributed by atoms with Gasteiger partial charge in [0.05, 0.1) is 10.5 Å². The number of halogens is 1. The Kier molecular flexibility index (Phi) is 4.16. The lowest BCUT2D eigenvalue weighted by Crippen LogP contribution is -2.23. The van der Waals surface area contributed by atoms with Crippen molar-refractivity contribution in [2.45, 2.75) is 13.8 Å². The van der Waals surface area contributed by atoms with Crippen molar-refractivity contribution in [3.63, 3.8) is 0 Å². The van der Waals surface area contributed by atoms with Crippen molar-refractivity contribution in [1.29, 1.82) is 0 Å². The first-order valence-corrected chi connectivity index (χ1v) is 7.92. The molecule has 4 nitrogen and oxygen atoms in total. The second-order valence-electron chi connectivity index (χ2n) is 5.95. The summed E-state index contributed by atoms with van der Waals surface area (Å²) in [4.78, 5) is 25.2. The van der Waals surface area contributed by atoms with Gasteiger partial charge in [0.2, 0.25) is 5.43 Å². The van der Waals surface area contributed by atoms with Gasteiger partial charge in [-0.05, 0) is 49.2 Å². The second kappa shape index (κ2) is 6.13. The molecule has 0 atom stereocenters. The summed E-state index contributed by atoms with van der Waals surface area (Å²) < 4.78 is 1.70. The van der Waals surface area contributed by atoms with Gasteiger partial charge in [-0.25, -0.2) is 0 Å². The maximum atomic E-state index is 12.7. The van der Waals surface area contributed by atoms with Gasteiger partial charge in [0.1, 0.15) is 5.56 Å². The third kappa shape index (κ3) is 2.93. The molecule has 0 bridgehead atoms. The number of hydrogen-bond acceptors (Lipinski definition) is 2. The van der Waals surface area contributed by atoms with E-state index < -0.39 is 5.91 Å². The Morgan fingerprint density at radius 3 is 2.46 bits per heavy atom.